The summed E-state index contributed by atoms with van der Waals surface area (Å²) in [4.78, 5) is 19.7. The number of rotatable bonds is 3. The smallest absolute Gasteiger partial charge is 0.294 e. The van der Waals surface area contributed by atoms with E-state index in [2.05, 4.69) is 21.7 Å². The predicted molar refractivity (Wildman–Crippen MR) is 64.2 cm³/mol. The van der Waals surface area contributed by atoms with Gasteiger partial charge in [0.05, 0.1) is 19.3 Å². The molecule has 0 amide bonds. The van der Waals surface area contributed by atoms with Crippen LogP contribution in [0.15, 0.2) is 0 Å². The Kier molecular flexibility index (Phi) is 3.57. The molecule has 3 saturated heterocycles. The van der Waals surface area contributed by atoms with Crippen molar-refractivity contribution >= 4 is 0 Å². The van der Waals surface area contributed by atoms with E-state index in [9.17, 15) is 10.1 Å². The molecular weight excluding hydrogens is 254 g/mol. The zero-order chi connectivity index (χ0) is 13.4. The molecule has 0 spiro atoms. The fraction of sp³-hybridized carbons (Fsp3) is 1.00. The van der Waals surface area contributed by atoms with Crippen LogP contribution in [0.25, 0.3) is 0 Å². The van der Waals surface area contributed by atoms with Gasteiger partial charge < -0.3 is 19.2 Å². The minimum absolute atomic E-state index is 0.103. The van der Waals surface area contributed by atoms with Crippen LogP contribution in [0.3, 0.4) is 0 Å². The Bertz CT molecular complexity index is 347. The molecule has 19 heavy (non-hydrogen) atoms. The Hall–Kier alpha value is -0.960. The van der Waals surface area contributed by atoms with Crippen molar-refractivity contribution in [3.63, 3.8) is 0 Å². The molecular formula is C11H19N3O5. The van der Waals surface area contributed by atoms with Gasteiger partial charge in [0.1, 0.15) is 12.2 Å². The summed E-state index contributed by atoms with van der Waals surface area (Å²) in [6, 6.07) is 0.194. The lowest BCUT2D eigenvalue weighted by molar-refractivity contribution is -0.769. The predicted octanol–water partition coefficient (Wildman–Crippen LogP) is -1.02. The standard InChI is InChI=1S/C11H19N3O5/c1-12-2-4-13(5-3-12)8-6-17-11-9(19-14(15)16)7-18-10(8)11/h8-11H,2-7H2,1H3/t8-,9-,10+,11+/m0/s1. The summed E-state index contributed by atoms with van der Waals surface area (Å²) in [6.45, 7) is 4.83. The van der Waals surface area contributed by atoms with Crippen LogP contribution in [0, 0.1) is 10.1 Å². The summed E-state index contributed by atoms with van der Waals surface area (Å²) in [5.41, 5.74) is 0. The second-order valence-corrected chi connectivity index (χ2v) is 5.37. The molecule has 0 N–H and O–H groups in total. The summed E-state index contributed by atoms with van der Waals surface area (Å²) >= 11 is 0. The molecule has 8 heteroatoms. The van der Waals surface area contributed by atoms with E-state index in [-0.39, 0.29) is 24.9 Å². The molecule has 0 aromatic heterocycles. The first-order chi connectivity index (χ1) is 9.15. The first-order valence-electron chi connectivity index (χ1n) is 6.62. The normalized spacial score (nSPS) is 40.3. The molecule has 0 radical (unpaired) electrons. The summed E-state index contributed by atoms with van der Waals surface area (Å²) in [7, 11) is 2.11. The van der Waals surface area contributed by atoms with Crippen molar-refractivity contribution < 1.29 is 19.4 Å². The Morgan fingerprint density at radius 1 is 1.16 bits per heavy atom. The number of likely N-dealkylation sites (N-methyl/N-ethyl adjacent to an activating group) is 1. The van der Waals surface area contributed by atoms with Gasteiger partial charge in [-0.1, -0.05) is 0 Å². The van der Waals surface area contributed by atoms with Crippen molar-refractivity contribution in [1.29, 1.82) is 0 Å². The highest BCUT2D eigenvalue weighted by molar-refractivity contribution is 4.99. The lowest BCUT2D eigenvalue weighted by atomic mass is 10.1. The van der Waals surface area contributed by atoms with Crippen molar-refractivity contribution in [2.75, 3.05) is 46.4 Å². The Labute approximate surface area is 111 Å². The molecule has 4 atom stereocenters. The molecule has 0 unspecified atom stereocenters. The summed E-state index contributed by atoms with van der Waals surface area (Å²) in [5.74, 6) is 0. The second-order valence-electron chi connectivity index (χ2n) is 5.37. The lowest BCUT2D eigenvalue weighted by Crippen LogP contribution is -2.53. The number of nitrogens with zero attached hydrogens (tertiary/aromatic N) is 3. The minimum atomic E-state index is -0.761. The van der Waals surface area contributed by atoms with E-state index in [1.165, 1.54) is 0 Å². The van der Waals surface area contributed by atoms with Crippen LogP contribution < -0.4 is 0 Å². The van der Waals surface area contributed by atoms with Gasteiger partial charge in [-0.15, -0.1) is 10.1 Å². The highest BCUT2D eigenvalue weighted by atomic mass is 17.0. The van der Waals surface area contributed by atoms with Gasteiger partial charge in [0.2, 0.25) is 0 Å². The molecule has 3 heterocycles. The molecule has 0 aromatic carbocycles. The maximum absolute atomic E-state index is 10.4. The van der Waals surface area contributed by atoms with Gasteiger partial charge in [0.25, 0.3) is 5.09 Å². The van der Waals surface area contributed by atoms with Gasteiger partial charge in [-0.2, -0.15) is 0 Å². The van der Waals surface area contributed by atoms with E-state index in [4.69, 9.17) is 9.47 Å². The van der Waals surface area contributed by atoms with Crippen molar-refractivity contribution in [2.24, 2.45) is 0 Å². The van der Waals surface area contributed by atoms with Gasteiger partial charge in [-0.05, 0) is 7.05 Å². The minimum Gasteiger partial charge on any atom is -0.371 e. The molecule has 3 fully saturated rings. The molecule has 3 aliphatic rings. The van der Waals surface area contributed by atoms with Gasteiger partial charge in [0.15, 0.2) is 6.10 Å². The quantitative estimate of drug-likeness (QED) is 0.481. The van der Waals surface area contributed by atoms with Crippen molar-refractivity contribution in [3.05, 3.63) is 10.1 Å². The summed E-state index contributed by atoms with van der Waals surface area (Å²) < 4.78 is 11.3. The summed E-state index contributed by atoms with van der Waals surface area (Å²) in [5, 5.41) is 9.66. The molecule has 0 bridgehead atoms. The number of ether oxygens (including phenoxy) is 2. The number of fused-ring (bicyclic) bond motifs is 1. The lowest BCUT2D eigenvalue weighted by Gasteiger charge is -2.37. The SMILES string of the molecule is CN1CCN([C@H]2CO[C@H]3[C@@H]2OC[C@@H]3O[N+](=O)[O-])CC1. The first kappa shape index (κ1) is 13.0. The molecule has 3 aliphatic heterocycles. The maximum Gasteiger partial charge on any atom is 0.294 e. The number of hydrogen-bond acceptors (Lipinski definition) is 7. The third-order valence-electron chi connectivity index (χ3n) is 4.21. The van der Waals surface area contributed by atoms with Crippen LogP contribution in [0.4, 0.5) is 0 Å². The Morgan fingerprint density at radius 3 is 2.53 bits per heavy atom. The first-order valence-corrected chi connectivity index (χ1v) is 6.62. The molecule has 8 nitrogen and oxygen atoms in total. The van der Waals surface area contributed by atoms with Crippen LogP contribution >= 0.6 is 0 Å². The molecule has 0 aromatic rings. The number of piperazine rings is 1. The fourth-order valence-electron chi connectivity index (χ4n) is 3.11. The van der Waals surface area contributed by atoms with Crippen molar-refractivity contribution in [1.82, 2.24) is 9.80 Å². The van der Waals surface area contributed by atoms with Gasteiger partial charge in [0, 0.05) is 26.2 Å². The average Bonchev–Trinajstić information content (AvgIpc) is 2.93. The third kappa shape index (κ3) is 2.53. The van der Waals surface area contributed by atoms with Crippen LogP contribution in [0.2, 0.25) is 0 Å². The molecule has 3 rings (SSSR count). The van der Waals surface area contributed by atoms with E-state index in [0.29, 0.717) is 6.61 Å². The van der Waals surface area contributed by atoms with Crippen LogP contribution in [-0.2, 0) is 14.3 Å². The highest BCUT2D eigenvalue weighted by Gasteiger charge is 2.51. The van der Waals surface area contributed by atoms with Crippen LogP contribution in [0.1, 0.15) is 0 Å². The van der Waals surface area contributed by atoms with Gasteiger partial charge >= 0.3 is 0 Å². The zero-order valence-corrected chi connectivity index (χ0v) is 10.9. The van der Waals surface area contributed by atoms with E-state index < -0.39 is 11.2 Å². The number of hydrogen-bond donors (Lipinski definition) is 0. The van der Waals surface area contributed by atoms with Gasteiger partial charge in [-0.3, -0.25) is 4.90 Å². The molecule has 0 aliphatic carbocycles. The monoisotopic (exact) mass is 273 g/mol. The Balaban J connectivity index is 1.60. The third-order valence-corrected chi connectivity index (χ3v) is 4.21. The van der Waals surface area contributed by atoms with E-state index in [1.54, 1.807) is 0 Å². The maximum atomic E-state index is 10.4. The second kappa shape index (κ2) is 5.20. The Morgan fingerprint density at radius 2 is 1.84 bits per heavy atom. The van der Waals surface area contributed by atoms with Crippen molar-refractivity contribution in [3.8, 4) is 0 Å². The molecule has 0 saturated carbocycles. The van der Waals surface area contributed by atoms with E-state index in [1.807, 2.05) is 0 Å². The molecule has 108 valence electrons. The zero-order valence-electron chi connectivity index (χ0n) is 10.9. The topological polar surface area (TPSA) is 77.3 Å². The highest BCUT2D eigenvalue weighted by Crippen LogP contribution is 2.31. The van der Waals surface area contributed by atoms with Crippen molar-refractivity contribution in [2.45, 2.75) is 24.4 Å². The van der Waals surface area contributed by atoms with Crippen LogP contribution in [-0.4, -0.2) is 85.7 Å². The summed E-state index contributed by atoms with van der Waals surface area (Å²) in [6.07, 6.45) is -0.999. The largest absolute Gasteiger partial charge is 0.371 e. The fourth-order valence-corrected chi connectivity index (χ4v) is 3.11. The van der Waals surface area contributed by atoms with E-state index >= 15 is 0 Å². The van der Waals surface area contributed by atoms with Gasteiger partial charge in [-0.25, -0.2) is 0 Å². The van der Waals surface area contributed by atoms with E-state index in [0.717, 1.165) is 26.2 Å². The average molecular weight is 273 g/mol. The van der Waals surface area contributed by atoms with Crippen LogP contribution in [0.5, 0.6) is 0 Å².